The van der Waals surface area contributed by atoms with Crippen molar-refractivity contribution in [1.29, 1.82) is 5.26 Å². The summed E-state index contributed by atoms with van der Waals surface area (Å²) in [5.41, 5.74) is 1.23. The summed E-state index contributed by atoms with van der Waals surface area (Å²) >= 11 is 1.55. The van der Waals surface area contributed by atoms with Crippen LogP contribution in [-0.2, 0) is 6.54 Å². The number of nitrogens with zero attached hydrogens (tertiary/aromatic N) is 1. The van der Waals surface area contributed by atoms with Crippen LogP contribution in [0.4, 0.5) is 0 Å². The number of thiophene rings is 1. The van der Waals surface area contributed by atoms with Gasteiger partial charge in [0.25, 0.3) is 0 Å². The Hall–Kier alpha value is -1.83. The van der Waals surface area contributed by atoms with Crippen molar-refractivity contribution in [3.63, 3.8) is 0 Å². The van der Waals surface area contributed by atoms with Crippen molar-refractivity contribution in [3.05, 3.63) is 51.7 Å². The molecule has 2 aromatic rings. The summed E-state index contributed by atoms with van der Waals surface area (Å²) in [6.07, 6.45) is 0.980. The largest absolute Gasteiger partial charge is 0.493 e. The normalized spacial score (nSPS) is 17.3. The highest BCUT2D eigenvalue weighted by Crippen LogP contribution is 2.31. The molecule has 0 radical (unpaired) electrons. The van der Waals surface area contributed by atoms with E-state index in [1.165, 1.54) is 10.4 Å². The molecule has 0 saturated heterocycles. The first-order valence-corrected chi connectivity index (χ1v) is 7.12. The van der Waals surface area contributed by atoms with Crippen molar-refractivity contribution in [1.82, 2.24) is 5.32 Å². The average Bonchev–Trinajstić information content (AvgIpc) is 2.93. The molecule has 1 aromatic heterocycles. The van der Waals surface area contributed by atoms with Gasteiger partial charge in [-0.1, -0.05) is 18.2 Å². The van der Waals surface area contributed by atoms with Crippen LogP contribution >= 0.6 is 11.3 Å². The monoisotopic (exact) mass is 270 g/mol. The molecule has 0 saturated carbocycles. The van der Waals surface area contributed by atoms with E-state index in [9.17, 15) is 0 Å². The summed E-state index contributed by atoms with van der Waals surface area (Å²) in [5, 5.41) is 12.4. The van der Waals surface area contributed by atoms with Crippen LogP contribution in [0.3, 0.4) is 0 Å². The zero-order valence-corrected chi connectivity index (χ0v) is 11.2. The Morgan fingerprint density at radius 2 is 2.21 bits per heavy atom. The van der Waals surface area contributed by atoms with Gasteiger partial charge < -0.3 is 10.1 Å². The van der Waals surface area contributed by atoms with Crippen LogP contribution in [0.1, 0.15) is 27.8 Å². The lowest BCUT2D eigenvalue weighted by molar-refractivity contribution is 0.252. The second kappa shape index (κ2) is 5.43. The fourth-order valence-corrected chi connectivity index (χ4v) is 3.07. The zero-order chi connectivity index (χ0) is 13.1. The summed E-state index contributed by atoms with van der Waals surface area (Å²) in [6, 6.07) is 14.6. The minimum absolute atomic E-state index is 0.331. The van der Waals surface area contributed by atoms with Crippen LogP contribution in [0, 0.1) is 11.3 Å². The van der Waals surface area contributed by atoms with E-state index in [4.69, 9.17) is 10.00 Å². The third-order valence-corrected chi connectivity index (χ3v) is 4.24. The molecule has 4 heteroatoms. The second-order valence-corrected chi connectivity index (χ2v) is 5.65. The highest BCUT2D eigenvalue weighted by Gasteiger charge is 2.20. The third kappa shape index (κ3) is 2.62. The van der Waals surface area contributed by atoms with Gasteiger partial charge in [0.15, 0.2) is 0 Å². The maximum atomic E-state index is 8.82. The minimum Gasteiger partial charge on any atom is -0.493 e. The van der Waals surface area contributed by atoms with Crippen molar-refractivity contribution < 1.29 is 4.74 Å². The molecule has 3 rings (SSSR count). The van der Waals surface area contributed by atoms with E-state index in [0.717, 1.165) is 30.2 Å². The Bertz CT molecular complexity index is 615. The number of hydrogen-bond donors (Lipinski definition) is 1. The molecule has 0 aliphatic carbocycles. The van der Waals surface area contributed by atoms with Crippen LogP contribution in [-0.4, -0.2) is 6.61 Å². The maximum Gasteiger partial charge on any atom is 0.124 e. The van der Waals surface area contributed by atoms with Gasteiger partial charge >= 0.3 is 0 Å². The van der Waals surface area contributed by atoms with Gasteiger partial charge in [0, 0.05) is 29.4 Å². The molecule has 0 spiro atoms. The smallest absolute Gasteiger partial charge is 0.124 e. The molecule has 19 heavy (non-hydrogen) atoms. The highest BCUT2D eigenvalue weighted by atomic mass is 32.1. The van der Waals surface area contributed by atoms with E-state index in [1.54, 1.807) is 11.3 Å². The number of para-hydroxylation sites is 1. The Morgan fingerprint density at radius 1 is 1.32 bits per heavy atom. The summed E-state index contributed by atoms with van der Waals surface area (Å²) in [4.78, 5) is 1.96. The predicted molar refractivity (Wildman–Crippen MR) is 75.2 cm³/mol. The molecular formula is C15H14N2OS. The average molecular weight is 270 g/mol. The topological polar surface area (TPSA) is 45.0 Å². The Balaban J connectivity index is 1.70. The van der Waals surface area contributed by atoms with Crippen LogP contribution in [0.25, 0.3) is 0 Å². The van der Waals surface area contributed by atoms with E-state index in [2.05, 4.69) is 17.5 Å². The van der Waals surface area contributed by atoms with Crippen molar-refractivity contribution in [2.75, 3.05) is 6.61 Å². The van der Waals surface area contributed by atoms with Gasteiger partial charge in [-0.05, 0) is 18.2 Å². The molecule has 3 nitrogen and oxygen atoms in total. The molecule has 1 N–H and O–H groups in total. The zero-order valence-electron chi connectivity index (χ0n) is 10.4. The second-order valence-electron chi connectivity index (χ2n) is 4.49. The molecule has 1 aliphatic rings. The van der Waals surface area contributed by atoms with Crippen LogP contribution in [0.2, 0.25) is 0 Å². The fraction of sp³-hybridized carbons (Fsp3) is 0.267. The lowest BCUT2D eigenvalue weighted by Crippen LogP contribution is -2.26. The number of benzene rings is 1. The molecule has 1 atom stereocenters. The van der Waals surface area contributed by atoms with E-state index in [-0.39, 0.29) is 0 Å². The predicted octanol–water partition coefficient (Wildman–Crippen LogP) is 3.23. The molecule has 0 bridgehead atoms. The Morgan fingerprint density at radius 3 is 3.05 bits per heavy atom. The van der Waals surface area contributed by atoms with Gasteiger partial charge in [-0.3, -0.25) is 0 Å². The SMILES string of the molecule is N#Cc1ccc(CNC2CCOc3ccccc32)s1. The summed E-state index contributed by atoms with van der Waals surface area (Å²) in [5.74, 6) is 0.982. The van der Waals surface area contributed by atoms with Gasteiger partial charge in [-0.25, -0.2) is 0 Å². The standard InChI is InChI=1S/C15H14N2OS/c16-9-11-5-6-12(19-11)10-17-14-7-8-18-15-4-2-1-3-13(14)15/h1-6,14,17H,7-8,10H2. The minimum atomic E-state index is 0.331. The summed E-state index contributed by atoms with van der Waals surface area (Å²) in [7, 11) is 0. The Labute approximate surface area is 116 Å². The van der Waals surface area contributed by atoms with Gasteiger partial charge in [0.05, 0.1) is 6.61 Å². The molecule has 1 aliphatic heterocycles. The van der Waals surface area contributed by atoms with Gasteiger partial charge in [-0.15, -0.1) is 11.3 Å². The van der Waals surface area contributed by atoms with E-state index in [0.29, 0.717) is 6.04 Å². The Kier molecular flexibility index (Phi) is 3.49. The third-order valence-electron chi connectivity index (χ3n) is 3.25. The first-order valence-electron chi connectivity index (χ1n) is 6.31. The summed E-state index contributed by atoms with van der Waals surface area (Å²) in [6.45, 7) is 1.55. The number of hydrogen-bond acceptors (Lipinski definition) is 4. The van der Waals surface area contributed by atoms with E-state index >= 15 is 0 Å². The number of fused-ring (bicyclic) bond motifs is 1. The van der Waals surface area contributed by atoms with Crippen LogP contribution in [0.15, 0.2) is 36.4 Å². The number of ether oxygens (including phenoxy) is 1. The van der Waals surface area contributed by atoms with Crippen molar-refractivity contribution in [2.24, 2.45) is 0 Å². The number of rotatable bonds is 3. The van der Waals surface area contributed by atoms with Gasteiger partial charge in [0.1, 0.15) is 16.7 Å². The van der Waals surface area contributed by atoms with E-state index < -0.39 is 0 Å². The first kappa shape index (κ1) is 12.2. The van der Waals surface area contributed by atoms with E-state index in [1.807, 2.05) is 30.3 Å². The van der Waals surface area contributed by atoms with Crippen molar-refractivity contribution >= 4 is 11.3 Å². The number of nitriles is 1. The molecule has 1 aromatic carbocycles. The molecule has 1 unspecified atom stereocenters. The number of nitrogens with one attached hydrogen (secondary N) is 1. The quantitative estimate of drug-likeness (QED) is 0.931. The fourth-order valence-electron chi connectivity index (χ4n) is 2.31. The molecule has 96 valence electrons. The first-order chi connectivity index (χ1) is 9.36. The van der Waals surface area contributed by atoms with Crippen molar-refractivity contribution in [2.45, 2.75) is 19.0 Å². The summed E-state index contributed by atoms with van der Waals surface area (Å²) < 4.78 is 5.65. The molecule has 0 fully saturated rings. The highest BCUT2D eigenvalue weighted by molar-refractivity contribution is 7.12. The van der Waals surface area contributed by atoms with Crippen molar-refractivity contribution in [3.8, 4) is 11.8 Å². The maximum absolute atomic E-state index is 8.82. The van der Waals surface area contributed by atoms with Gasteiger partial charge in [-0.2, -0.15) is 5.26 Å². The molecule has 0 amide bonds. The molecular weight excluding hydrogens is 256 g/mol. The molecule has 2 heterocycles. The van der Waals surface area contributed by atoms with Gasteiger partial charge in [0.2, 0.25) is 0 Å². The van der Waals surface area contributed by atoms with Crippen LogP contribution in [0.5, 0.6) is 5.75 Å². The lowest BCUT2D eigenvalue weighted by atomic mass is 10.0. The lowest BCUT2D eigenvalue weighted by Gasteiger charge is -2.26. The van der Waals surface area contributed by atoms with Crippen LogP contribution < -0.4 is 10.1 Å².